The van der Waals surface area contributed by atoms with Gasteiger partial charge in [-0.1, -0.05) is 6.42 Å². The number of piperidine rings is 1. The largest absolute Gasteiger partial charge is 0.363 e. The van der Waals surface area contributed by atoms with Gasteiger partial charge >= 0.3 is 5.69 Å². The van der Waals surface area contributed by atoms with Gasteiger partial charge in [-0.2, -0.15) is 0 Å². The lowest BCUT2D eigenvalue weighted by molar-refractivity contribution is -0.383. The van der Waals surface area contributed by atoms with Gasteiger partial charge in [0, 0.05) is 19.3 Å². The quantitative estimate of drug-likeness (QED) is 0.583. The van der Waals surface area contributed by atoms with Crippen molar-refractivity contribution in [3.8, 4) is 0 Å². The van der Waals surface area contributed by atoms with Crippen molar-refractivity contribution in [2.24, 2.45) is 0 Å². The van der Waals surface area contributed by atoms with Crippen LogP contribution in [0.3, 0.4) is 0 Å². The van der Waals surface area contributed by atoms with Crippen molar-refractivity contribution >= 4 is 23.0 Å². The minimum atomic E-state index is -0.470. The summed E-state index contributed by atoms with van der Waals surface area (Å²) in [5.74, 6) is 0.372. The smallest absolute Gasteiger partial charge is 0.353 e. The standard InChI is InChI=1S/C16H21N7O2/c24-23(25)14-15(18-7-10-22-8-2-1-3-9-22)19-12-20-16(14)21-13-5-4-6-17-11-13/h4-6,11-12H,1-3,7-10H2,(H2,18,19,20,21). The van der Waals surface area contributed by atoms with Crippen molar-refractivity contribution in [2.75, 3.05) is 36.8 Å². The number of nitrogens with zero attached hydrogens (tertiary/aromatic N) is 5. The fourth-order valence-electron chi connectivity index (χ4n) is 2.86. The molecule has 132 valence electrons. The summed E-state index contributed by atoms with van der Waals surface area (Å²) in [5.41, 5.74) is 0.466. The average molecular weight is 343 g/mol. The number of hydrogen-bond acceptors (Lipinski definition) is 8. The topological polar surface area (TPSA) is 109 Å². The number of hydrogen-bond donors (Lipinski definition) is 2. The maximum atomic E-state index is 11.5. The fraction of sp³-hybridized carbons (Fsp3) is 0.438. The van der Waals surface area contributed by atoms with Crippen molar-refractivity contribution in [1.82, 2.24) is 19.9 Å². The van der Waals surface area contributed by atoms with E-state index in [1.807, 2.05) is 0 Å². The number of nitrogens with one attached hydrogen (secondary N) is 2. The first-order valence-corrected chi connectivity index (χ1v) is 8.37. The number of pyridine rings is 1. The van der Waals surface area contributed by atoms with Crippen molar-refractivity contribution in [1.29, 1.82) is 0 Å². The molecular formula is C16H21N7O2. The van der Waals surface area contributed by atoms with E-state index in [0.29, 0.717) is 12.2 Å². The van der Waals surface area contributed by atoms with Gasteiger partial charge in [-0.3, -0.25) is 15.1 Å². The molecule has 1 fully saturated rings. The van der Waals surface area contributed by atoms with E-state index < -0.39 is 4.92 Å². The molecule has 1 aliphatic rings. The summed E-state index contributed by atoms with van der Waals surface area (Å²) in [6, 6.07) is 3.51. The highest BCUT2D eigenvalue weighted by molar-refractivity contribution is 5.73. The second-order valence-electron chi connectivity index (χ2n) is 5.87. The second kappa shape index (κ2) is 8.34. The monoisotopic (exact) mass is 343 g/mol. The van der Waals surface area contributed by atoms with Gasteiger partial charge in [-0.25, -0.2) is 9.97 Å². The molecule has 0 amide bonds. The van der Waals surface area contributed by atoms with Crippen molar-refractivity contribution in [3.63, 3.8) is 0 Å². The highest BCUT2D eigenvalue weighted by Crippen LogP contribution is 2.30. The molecule has 9 nitrogen and oxygen atoms in total. The number of aromatic nitrogens is 3. The van der Waals surface area contributed by atoms with E-state index in [-0.39, 0.29) is 17.3 Å². The highest BCUT2D eigenvalue weighted by Gasteiger charge is 2.23. The fourth-order valence-corrected chi connectivity index (χ4v) is 2.86. The molecule has 2 N–H and O–H groups in total. The van der Waals surface area contributed by atoms with Crippen LogP contribution in [-0.4, -0.2) is 51.0 Å². The molecule has 0 radical (unpaired) electrons. The molecule has 0 aromatic carbocycles. The van der Waals surface area contributed by atoms with Crippen LogP contribution in [-0.2, 0) is 0 Å². The van der Waals surface area contributed by atoms with E-state index in [1.54, 1.807) is 24.5 Å². The lowest BCUT2D eigenvalue weighted by Crippen LogP contribution is -2.33. The van der Waals surface area contributed by atoms with Crippen LogP contribution in [0.15, 0.2) is 30.9 Å². The Bertz CT molecular complexity index is 705. The van der Waals surface area contributed by atoms with Crippen LogP contribution in [0.2, 0.25) is 0 Å². The van der Waals surface area contributed by atoms with E-state index in [9.17, 15) is 10.1 Å². The molecule has 3 rings (SSSR count). The molecule has 1 aliphatic heterocycles. The summed E-state index contributed by atoms with van der Waals surface area (Å²) in [4.78, 5) is 25.4. The second-order valence-corrected chi connectivity index (χ2v) is 5.87. The molecule has 0 atom stereocenters. The van der Waals surface area contributed by atoms with E-state index in [0.717, 1.165) is 19.6 Å². The first-order chi connectivity index (χ1) is 12.2. The van der Waals surface area contributed by atoms with Crippen LogP contribution < -0.4 is 10.6 Å². The zero-order valence-electron chi connectivity index (χ0n) is 13.9. The maximum absolute atomic E-state index is 11.5. The van der Waals surface area contributed by atoms with Crippen molar-refractivity contribution < 1.29 is 4.92 Å². The van der Waals surface area contributed by atoms with Crippen LogP contribution in [0.4, 0.5) is 23.0 Å². The van der Waals surface area contributed by atoms with Gasteiger partial charge in [0.2, 0.25) is 11.6 Å². The predicted octanol–water partition coefficient (Wildman–Crippen LogP) is 2.42. The summed E-state index contributed by atoms with van der Waals surface area (Å²) in [7, 11) is 0. The predicted molar refractivity (Wildman–Crippen MR) is 95.0 cm³/mol. The molecule has 0 bridgehead atoms. The van der Waals surface area contributed by atoms with E-state index in [1.165, 1.54) is 25.6 Å². The third-order valence-corrected chi connectivity index (χ3v) is 4.10. The molecule has 0 unspecified atom stereocenters. The molecule has 2 aromatic rings. The van der Waals surface area contributed by atoms with Crippen molar-refractivity contribution in [2.45, 2.75) is 19.3 Å². The van der Waals surface area contributed by atoms with Gasteiger partial charge in [-0.05, 0) is 38.1 Å². The van der Waals surface area contributed by atoms with Gasteiger partial charge in [0.25, 0.3) is 0 Å². The number of anilines is 3. The third kappa shape index (κ3) is 4.60. The molecule has 9 heteroatoms. The van der Waals surface area contributed by atoms with Gasteiger partial charge in [-0.15, -0.1) is 0 Å². The summed E-state index contributed by atoms with van der Waals surface area (Å²) >= 11 is 0. The maximum Gasteiger partial charge on any atom is 0.353 e. The Morgan fingerprint density at radius 3 is 2.72 bits per heavy atom. The minimum Gasteiger partial charge on any atom is -0.363 e. The van der Waals surface area contributed by atoms with Crippen molar-refractivity contribution in [3.05, 3.63) is 41.0 Å². The average Bonchev–Trinajstić information content (AvgIpc) is 2.63. The molecule has 2 aromatic heterocycles. The van der Waals surface area contributed by atoms with Gasteiger partial charge in [0.05, 0.1) is 16.8 Å². The lowest BCUT2D eigenvalue weighted by Gasteiger charge is -2.26. The molecule has 1 saturated heterocycles. The zero-order chi connectivity index (χ0) is 17.5. The Morgan fingerprint density at radius 1 is 1.20 bits per heavy atom. The summed E-state index contributed by atoms with van der Waals surface area (Å²) in [6.45, 7) is 3.61. The van der Waals surface area contributed by atoms with E-state index >= 15 is 0 Å². The van der Waals surface area contributed by atoms with E-state index in [4.69, 9.17) is 0 Å². The summed E-state index contributed by atoms with van der Waals surface area (Å²) in [6.07, 6.45) is 8.24. The minimum absolute atomic E-state index is 0.147. The number of nitro groups is 1. The Labute approximate surface area is 145 Å². The Balaban J connectivity index is 1.70. The zero-order valence-corrected chi connectivity index (χ0v) is 13.9. The summed E-state index contributed by atoms with van der Waals surface area (Å²) < 4.78 is 0. The molecular weight excluding hydrogens is 322 g/mol. The Hall–Kier alpha value is -2.81. The molecule has 25 heavy (non-hydrogen) atoms. The molecule has 0 saturated carbocycles. The van der Waals surface area contributed by atoms with Gasteiger partial charge in [0.15, 0.2) is 0 Å². The van der Waals surface area contributed by atoms with Crippen LogP contribution >= 0.6 is 0 Å². The van der Waals surface area contributed by atoms with E-state index in [2.05, 4.69) is 30.5 Å². The summed E-state index contributed by atoms with van der Waals surface area (Å²) in [5, 5.41) is 17.5. The van der Waals surface area contributed by atoms with Crippen LogP contribution in [0.1, 0.15) is 19.3 Å². The highest BCUT2D eigenvalue weighted by atomic mass is 16.6. The van der Waals surface area contributed by atoms with Crippen LogP contribution in [0.25, 0.3) is 0 Å². The first kappa shape index (κ1) is 17.0. The van der Waals surface area contributed by atoms with Crippen LogP contribution in [0.5, 0.6) is 0 Å². The first-order valence-electron chi connectivity index (χ1n) is 8.37. The molecule has 3 heterocycles. The SMILES string of the molecule is O=[N+]([O-])c1c(NCCN2CCCCC2)ncnc1Nc1cccnc1. The normalized spacial score (nSPS) is 14.9. The van der Waals surface area contributed by atoms with Crippen LogP contribution in [0, 0.1) is 10.1 Å². The van der Waals surface area contributed by atoms with Gasteiger partial charge < -0.3 is 15.5 Å². The Morgan fingerprint density at radius 2 is 2.00 bits per heavy atom. The number of likely N-dealkylation sites (tertiary alicyclic amines) is 1. The Kier molecular flexibility index (Phi) is 5.68. The molecule has 0 spiro atoms. The number of rotatable bonds is 7. The van der Waals surface area contributed by atoms with Gasteiger partial charge in [0.1, 0.15) is 6.33 Å². The third-order valence-electron chi connectivity index (χ3n) is 4.10. The molecule has 0 aliphatic carbocycles. The lowest BCUT2D eigenvalue weighted by atomic mass is 10.1.